The quantitative estimate of drug-likeness (QED) is 0.379. The highest BCUT2D eigenvalue weighted by Gasteiger charge is 2.34. The molecule has 0 fully saturated rings. The molecule has 8 heteroatoms. The fourth-order valence-electron chi connectivity index (χ4n) is 3.32. The van der Waals surface area contributed by atoms with Crippen LogP contribution in [0.2, 0.25) is 10.0 Å². The van der Waals surface area contributed by atoms with Crippen molar-refractivity contribution in [1.29, 1.82) is 0 Å². The van der Waals surface area contributed by atoms with Crippen molar-refractivity contribution in [3.05, 3.63) is 63.6 Å². The lowest BCUT2D eigenvalue weighted by Crippen LogP contribution is -2.42. The summed E-state index contributed by atoms with van der Waals surface area (Å²) in [5.41, 5.74) is 1.73. The summed E-state index contributed by atoms with van der Waals surface area (Å²) in [5.74, 6) is -3.09. The van der Waals surface area contributed by atoms with Gasteiger partial charge in [-0.3, -0.25) is 14.4 Å². The first-order chi connectivity index (χ1) is 15.0. The highest BCUT2D eigenvalue weighted by molar-refractivity contribution is 6.33. The van der Waals surface area contributed by atoms with Gasteiger partial charge in [0.15, 0.2) is 5.78 Å². The van der Waals surface area contributed by atoms with Gasteiger partial charge in [-0.15, -0.1) is 0 Å². The maximum atomic E-state index is 13.0. The molecule has 2 N–H and O–H groups in total. The third-order valence-corrected chi connectivity index (χ3v) is 5.63. The average Bonchev–Trinajstić information content (AvgIpc) is 2.73. The molecule has 0 spiro atoms. The lowest BCUT2D eigenvalue weighted by atomic mass is 9.89. The van der Waals surface area contributed by atoms with Gasteiger partial charge >= 0.3 is 11.9 Å². The molecule has 3 unspecified atom stereocenters. The molecule has 0 aliphatic carbocycles. The van der Waals surface area contributed by atoms with Crippen LogP contribution < -0.4 is 5.32 Å². The Morgan fingerprint density at radius 1 is 1.06 bits per heavy atom. The summed E-state index contributed by atoms with van der Waals surface area (Å²) >= 11 is 12.2. The minimum atomic E-state index is -1.04. The van der Waals surface area contributed by atoms with E-state index in [0.29, 0.717) is 26.9 Å². The zero-order valence-corrected chi connectivity index (χ0v) is 19.9. The second-order valence-corrected chi connectivity index (χ2v) is 8.68. The number of carbonyl (C=O) groups excluding carboxylic acids is 3. The smallest absolute Gasteiger partial charge is 0.324 e. The molecule has 32 heavy (non-hydrogen) atoms. The number of ether oxygens (including phenoxy) is 1. The van der Waals surface area contributed by atoms with Crippen molar-refractivity contribution < 1.29 is 24.2 Å². The molecule has 3 atom stereocenters. The van der Waals surface area contributed by atoms with Gasteiger partial charge in [-0.1, -0.05) is 56.1 Å². The van der Waals surface area contributed by atoms with Crippen LogP contribution in [0.1, 0.15) is 51.3 Å². The summed E-state index contributed by atoms with van der Waals surface area (Å²) in [7, 11) is 0. The van der Waals surface area contributed by atoms with Crippen LogP contribution in [0.25, 0.3) is 0 Å². The van der Waals surface area contributed by atoms with Crippen molar-refractivity contribution in [2.75, 3.05) is 5.32 Å². The summed E-state index contributed by atoms with van der Waals surface area (Å²) in [6, 6.07) is 11.1. The van der Waals surface area contributed by atoms with Crippen LogP contribution in [-0.2, 0) is 19.1 Å². The lowest BCUT2D eigenvalue weighted by molar-refractivity contribution is -0.162. The van der Waals surface area contributed by atoms with E-state index in [9.17, 15) is 19.5 Å². The first kappa shape index (κ1) is 25.8. The molecule has 0 radical (unpaired) electrons. The highest BCUT2D eigenvalue weighted by atomic mass is 35.5. The summed E-state index contributed by atoms with van der Waals surface area (Å²) < 4.78 is 4.63. The Balaban J connectivity index is 2.20. The third-order valence-electron chi connectivity index (χ3n) is 5.05. The van der Waals surface area contributed by atoms with Crippen molar-refractivity contribution in [3.8, 4) is 0 Å². The Kier molecular flexibility index (Phi) is 9.25. The van der Waals surface area contributed by atoms with Gasteiger partial charge in [0.05, 0.1) is 6.04 Å². The number of carbonyl (C=O) groups is 3. The van der Waals surface area contributed by atoms with Gasteiger partial charge in [-0.05, 0) is 48.2 Å². The van der Waals surface area contributed by atoms with Crippen LogP contribution in [0.5, 0.6) is 0 Å². The number of aliphatic hydroxyl groups is 1. The molecule has 172 valence electrons. The minimum absolute atomic E-state index is 0.128. The van der Waals surface area contributed by atoms with Crippen LogP contribution in [0, 0.1) is 11.8 Å². The maximum Gasteiger partial charge on any atom is 0.324 e. The van der Waals surface area contributed by atoms with Crippen molar-refractivity contribution in [1.82, 2.24) is 0 Å². The van der Waals surface area contributed by atoms with Gasteiger partial charge in [0.25, 0.3) is 0 Å². The number of aliphatic hydroxyl groups excluding tert-OH is 1. The van der Waals surface area contributed by atoms with E-state index < -0.39 is 30.0 Å². The zero-order valence-electron chi connectivity index (χ0n) is 18.4. The van der Waals surface area contributed by atoms with E-state index in [2.05, 4.69) is 10.1 Å². The molecule has 0 bridgehead atoms. The monoisotopic (exact) mass is 479 g/mol. The molecule has 0 saturated carbocycles. The number of rotatable bonds is 9. The average molecular weight is 480 g/mol. The van der Waals surface area contributed by atoms with Crippen LogP contribution in [0.4, 0.5) is 5.69 Å². The minimum Gasteiger partial charge on any atom is -0.393 e. The number of halogens is 2. The summed E-state index contributed by atoms with van der Waals surface area (Å²) in [4.78, 5) is 36.3. The first-order valence-corrected chi connectivity index (χ1v) is 11.1. The maximum absolute atomic E-state index is 13.0. The van der Waals surface area contributed by atoms with E-state index in [4.69, 9.17) is 23.2 Å². The standard InChI is InChI=1S/C24H27Cl2NO5/c1-5-18(24(31)32-14(4)28)23(30)21(13(2)3)27-17-9-6-15(7-10-17)22(29)19-12-16(25)8-11-20(19)26/h6-13,18,21-22,27,29H,5H2,1-4H3. The number of Topliss-reactive ketones (excluding diaryl/α,β-unsaturated/α-hetero) is 1. The van der Waals surface area contributed by atoms with Crippen molar-refractivity contribution in [2.24, 2.45) is 11.8 Å². The Morgan fingerprint density at radius 3 is 2.22 bits per heavy atom. The number of esters is 2. The number of hydrogen-bond acceptors (Lipinski definition) is 6. The van der Waals surface area contributed by atoms with Crippen molar-refractivity contribution >= 4 is 46.6 Å². The van der Waals surface area contributed by atoms with E-state index >= 15 is 0 Å². The van der Waals surface area contributed by atoms with E-state index in [1.165, 1.54) is 0 Å². The summed E-state index contributed by atoms with van der Waals surface area (Å²) in [6.07, 6.45) is -0.745. The fourth-order valence-corrected chi connectivity index (χ4v) is 3.73. The van der Waals surface area contributed by atoms with Gasteiger partial charge in [0, 0.05) is 28.2 Å². The lowest BCUT2D eigenvalue weighted by Gasteiger charge is -2.25. The first-order valence-electron chi connectivity index (χ1n) is 10.3. The molecule has 0 aliphatic rings. The SMILES string of the molecule is CCC(C(=O)OC(C)=O)C(=O)C(Nc1ccc(C(O)c2cc(Cl)ccc2Cl)cc1)C(C)C. The van der Waals surface area contributed by atoms with Crippen molar-refractivity contribution in [2.45, 2.75) is 46.3 Å². The molecule has 0 aromatic heterocycles. The van der Waals surface area contributed by atoms with Crippen molar-refractivity contribution in [3.63, 3.8) is 0 Å². The van der Waals surface area contributed by atoms with Gasteiger partial charge in [0.2, 0.25) is 0 Å². The molecule has 2 aromatic rings. The second-order valence-electron chi connectivity index (χ2n) is 7.83. The zero-order chi connectivity index (χ0) is 24.0. The highest BCUT2D eigenvalue weighted by Crippen LogP contribution is 2.31. The molecule has 0 aliphatic heterocycles. The van der Waals surface area contributed by atoms with Gasteiger partial charge < -0.3 is 15.2 Å². The number of nitrogens with one attached hydrogen (secondary N) is 1. The van der Waals surface area contributed by atoms with Crippen LogP contribution in [0.3, 0.4) is 0 Å². The van der Waals surface area contributed by atoms with Gasteiger partial charge in [-0.25, -0.2) is 0 Å². The Bertz CT molecular complexity index is 975. The molecule has 2 aromatic carbocycles. The van der Waals surface area contributed by atoms with Gasteiger partial charge in [-0.2, -0.15) is 0 Å². The topological polar surface area (TPSA) is 92.7 Å². The molecule has 6 nitrogen and oxygen atoms in total. The number of ketones is 1. The Labute approximate surface area is 197 Å². The third kappa shape index (κ3) is 6.55. The molecular formula is C24H27Cl2NO5. The van der Waals surface area contributed by atoms with Crippen LogP contribution >= 0.6 is 23.2 Å². The van der Waals surface area contributed by atoms with E-state index in [1.807, 2.05) is 13.8 Å². The van der Waals surface area contributed by atoms with Gasteiger partial charge in [0.1, 0.15) is 12.0 Å². The van der Waals surface area contributed by atoms with E-state index in [-0.39, 0.29) is 18.1 Å². The normalized spacial score (nSPS) is 13.9. The molecule has 2 rings (SSSR count). The molecule has 0 amide bonds. The van der Waals surface area contributed by atoms with E-state index in [1.54, 1.807) is 49.4 Å². The summed E-state index contributed by atoms with van der Waals surface area (Å²) in [6.45, 7) is 6.54. The number of benzene rings is 2. The summed E-state index contributed by atoms with van der Waals surface area (Å²) in [5, 5.41) is 14.7. The predicted octanol–water partition coefficient (Wildman–Crippen LogP) is 5.20. The Hall–Kier alpha value is -2.41. The molecule has 0 heterocycles. The predicted molar refractivity (Wildman–Crippen MR) is 125 cm³/mol. The van der Waals surface area contributed by atoms with Crippen LogP contribution in [0.15, 0.2) is 42.5 Å². The van der Waals surface area contributed by atoms with Crippen LogP contribution in [-0.4, -0.2) is 28.9 Å². The van der Waals surface area contributed by atoms with E-state index in [0.717, 1.165) is 6.92 Å². The number of anilines is 1. The molecule has 0 saturated heterocycles. The largest absolute Gasteiger partial charge is 0.393 e. The Morgan fingerprint density at radius 2 is 1.69 bits per heavy atom. The molecular weight excluding hydrogens is 453 g/mol. The fraction of sp³-hybridized carbons (Fsp3) is 0.375. The number of hydrogen-bond donors (Lipinski definition) is 2. The second kappa shape index (κ2) is 11.5.